The molecule has 242 valence electrons. The molecule has 0 saturated heterocycles. The van der Waals surface area contributed by atoms with Crippen molar-refractivity contribution in [2.45, 2.75) is 78.6 Å². The smallest absolute Gasteiger partial charge is 0.0622 e. The van der Waals surface area contributed by atoms with E-state index in [2.05, 4.69) is 171 Å². The highest BCUT2D eigenvalue weighted by Crippen LogP contribution is 2.34. The predicted octanol–water partition coefficient (Wildman–Crippen LogP) is 9.38. The molecule has 1 heteroatoms. The van der Waals surface area contributed by atoms with Crippen LogP contribution in [0, 0.1) is 23.7 Å². The van der Waals surface area contributed by atoms with Crippen molar-refractivity contribution in [2.24, 2.45) is 0 Å². The van der Waals surface area contributed by atoms with Crippen LogP contribution in [0.4, 0.5) is 0 Å². The third-order valence-electron chi connectivity index (χ3n) is 9.44. The topological polar surface area (TPSA) is 0 Å². The normalized spacial score (nSPS) is 12.6. The lowest BCUT2D eigenvalue weighted by atomic mass is 9.33. The molecule has 5 aromatic carbocycles. The van der Waals surface area contributed by atoms with Gasteiger partial charge in [-0.2, -0.15) is 0 Å². The molecule has 0 fully saturated rings. The molecule has 0 saturated carbocycles. The van der Waals surface area contributed by atoms with Crippen LogP contribution in [0.3, 0.4) is 0 Å². The van der Waals surface area contributed by atoms with Crippen molar-refractivity contribution in [2.75, 3.05) is 0 Å². The molecule has 0 spiro atoms. The van der Waals surface area contributed by atoms with E-state index in [1.807, 2.05) is 36.4 Å². The standard InChI is InChI=1S/C48H47B/c1-46(2,3)40-32-41(47(4,5)6)45(42(33-40)48(7,8)9)49-43-30-36(22-20-34-16-12-10-13-17-34)24-26-38(43)28-29-39-27-25-37(31-44(39)49)23-21-35-18-14-11-15-19-35/h10-19,24-33H,1-9H3. The molecule has 49 heavy (non-hydrogen) atoms. The average Bonchev–Trinajstić information content (AvgIpc) is 3.21. The molecule has 0 nitrogen and oxygen atoms in total. The summed E-state index contributed by atoms with van der Waals surface area (Å²) in [4.78, 5) is 0. The molecule has 0 aromatic heterocycles. The molecule has 1 aliphatic heterocycles. The Morgan fingerprint density at radius 2 is 0.796 bits per heavy atom. The maximum Gasteiger partial charge on any atom is 0.243 e. The lowest BCUT2D eigenvalue weighted by Gasteiger charge is -2.36. The fraction of sp³-hybridized carbons (Fsp3) is 0.250. The molecule has 0 aliphatic carbocycles. The van der Waals surface area contributed by atoms with E-state index < -0.39 is 0 Å². The zero-order chi connectivity index (χ0) is 35.0. The fourth-order valence-corrected chi connectivity index (χ4v) is 6.74. The zero-order valence-electron chi connectivity index (χ0n) is 30.6. The number of fused-ring (bicyclic) bond motifs is 2. The van der Waals surface area contributed by atoms with Crippen LogP contribution in [-0.2, 0) is 16.2 Å². The summed E-state index contributed by atoms with van der Waals surface area (Å²) in [6, 6.07) is 39.0. The lowest BCUT2D eigenvalue weighted by Crippen LogP contribution is -2.58. The first-order chi connectivity index (χ1) is 23.2. The molecule has 0 atom stereocenters. The first-order valence-electron chi connectivity index (χ1n) is 17.5. The van der Waals surface area contributed by atoms with Crippen LogP contribution in [0.25, 0.3) is 12.2 Å². The summed E-state index contributed by atoms with van der Waals surface area (Å²) in [5.74, 6) is 13.8. The Bertz CT molecular complexity index is 2010. The van der Waals surface area contributed by atoms with E-state index >= 15 is 0 Å². The molecule has 6 rings (SSSR count). The molecule has 0 unspecified atom stereocenters. The molecular weight excluding hydrogens is 587 g/mol. The maximum absolute atomic E-state index is 3.50. The minimum absolute atomic E-state index is 0.0136. The van der Waals surface area contributed by atoms with Crippen LogP contribution in [0.5, 0.6) is 0 Å². The number of hydrogen-bond acceptors (Lipinski definition) is 0. The Labute approximate surface area is 295 Å². The lowest BCUT2D eigenvalue weighted by molar-refractivity contribution is 0.553. The van der Waals surface area contributed by atoms with Crippen molar-refractivity contribution < 1.29 is 0 Å². The third kappa shape index (κ3) is 7.54. The van der Waals surface area contributed by atoms with Crippen LogP contribution in [0.1, 0.15) is 112 Å². The van der Waals surface area contributed by atoms with Crippen molar-refractivity contribution >= 4 is 35.3 Å². The van der Waals surface area contributed by atoms with E-state index in [0.717, 1.165) is 22.3 Å². The van der Waals surface area contributed by atoms with Gasteiger partial charge < -0.3 is 0 Å². The Kier molecular flexibility index (Phi) is 9.10. The van der Waals surface area contributed by atoms with Gasteiger partial charge in [0.05, 0.1) is 0 Å². The minimum atomic E-state index is -0.0912. The second-order valence-corrected chi connectivity index (χ2v) is 16.4. The van der Waals surface area contributed by atoms with Crippen LogP contribution < -0.4 is 16.4 Å². The Hall–Kier alpha value is -4.98. The van der Waals surface area contributed by atoms with E-state index in [1.165, 1.54) is 44.2 Å². The molecule has 0 amide bonds. The van der Waals surface area contributed by atoms with Gasteiger partial charge in [0.25, 0.3) is 0 Å². The summed E-state index contributed by atoms with van der Waals surface area (Å²) in [5.41, 5.74) is 14.5. The summed E-state index contributed by atoms with van der Waals surface area (Å²) in [6.07, 6.45) is 4.57. The first-order valence-corrected chi connectivity index (χ1v) is 17.5. The van der Waals surface area contributed by atoms with Gasteiger partial charge in [-0.05, 0) is 80.5 Å². The molecule has 5 aromatic rings. The Balaban J connectivity index is 1.68. The monoisotopic (exact) mass is 634 g/mol. The van der Waals surface area contributed by atoms with E-state index in [4.69, 9.17) is 0 Å². The SMILES string of the molecule is CC(C)(C)c1cc(C(C)(C)C)c(B2c3cc(C#Cc4ccccc4)ccc3C=Cc3ccc(C#Cc4ccccc4)cc32)c(C(C)(C)C)c1. The van der Waals surface area contributed by atoms with Gasteiger partial charge in [-0.1, -0.05) is 187 Å². The number of rotatable bonds is 1. The Morgan fingerprint density at radius 3 is 1.16 bits per heavy atom. The summed E-state index contributed by atoms with van der Waals surface area (Å²) in [7, 11) is 0. The maximum atomic E-state index is 3.50. The molecular formula is C48H47B. The van der Waals surface area contributed by atoms with Gasteiger partial charge in [-0.25, -0.2) is 0 Å². The molecule has 0 N–H and O–H groups in total. The van der Waals surface area contributed by atoms with Gasteiger partial charge >= 0.3 is 0 Å². The average molecular weight is 635 g/mol. The number of benzene rings is 5. The second-order valence-electron chi connectivity index (χ2n) is 16.4. The summed E-state index contributed by atoms with van der Waals surface area (Å²) in [5, 5.41) is 0. The fourth-order valence-electron chi connectivity index (χ4n) is 6.74. The van der Waals surface area contributed by atoms with Crippen LogP contribution >= 0.6 is 0 Å². The van der Waals surface area contributed by atoms with Crippen LogP contribution in [0.2, 0.25) is 0 Å². The zero-order valence-corrected chi connectivity index (χ0v) is 30.6. The molecule has 1 aliphatic rings. The summed E-state index contributed by atoms with van der Waals surface area (Å²) in [6.45, 7) is 21.2. The van der Waals surface area contributed by atoms with Gasteiger partial charge in [-0.3, -0.25) is 0 Å². The quantitative estimate of drug-likeness (QED) is 0.125. The Morgan fingerprint density at radius 1 is 0.408 bits per heavy atom. The van der Waals surface area contributed by atoms with Crippen molar-refractivity contribution in [1.29, 1.82) is 0 Å². The molecule has 1 heterocycles. The van der Waals surface area contributed by atoms with Crippen molar-refractivity contribution in [3.8, 4) is 23.7 Å². The van der Waals surface area contributed by atoms with E-state index in [9.17, 15) is 0 Å². The highest BCUT2D eigenvalue weighted by atomic mass is 14.3. The number of hydrogen-bond donors (Lipinski definition) is 0. The van der Waals surface area contributed by atoms with E-state index in [0.29, 0.717) is 0 Å². The van der Waals surface area contributed by atoms with Gasteiger partial charge in [0.15, 0.2) is 0 Å². The highest BCUT2D eigenvalue weighted by Gasteiger charge is 2.37. The largest absolute Gasteiger partial charge is 0.243 e. The van der Waals surface area contributed by atoms with E-state index in [1.54, 1.807) is 0 Å². The third-order valence-corrected chi connectivity index (χ3v) is 9.44. The van der Waals surface area contributed by atoms with E-state index in [-0.39, 0.29) is 23.0 Å². The van der Waals surface area contributed by atoms with Crippen molar-refractivity contribution in [3.63, 3.8) is 0 Å². The van der Waals surface area contributed by atoms with Gasteiger partial charge in [0.2, 0.25) is 6.71 Å². The summed E-state index contributed by atoms with van der Waals surface area (Å²) < 4.78 is 0. The first kappa shape index (κ1) is 33.9. The van der Waals surface area contributed by atoms with Crippen LogP contribution in [0.15, 0.2) is 109 Å². The predicted molar refractivity (Wildman–Crippen MR) is 214 cm³/mol. The van der Waals surface area contributed by atoms with Crippen molar-refractivity contribution in [3.05, 3.63) is 159 Å². The van der Waals surface area contributed by atoms with Crippen LogP contribution in [-0.4, -0.2) is 6.71 Å². The van der Waals surface area contributed by atoms with Crippen molar-refractivity contribution in [1.82, 2.24) is 0 Å². The van der Waals surface area contributed by atoms with Gasteiger partial charge in [0.1, 0.15) is 0 Å². The summed E-state index contributed by atoms with van der Waals surface area (Å²) >= 11 is 0. The second kappa shape index (κ2) is 13.1. The minimum Gasteiger partial charge on any atom is -0.0622 e. The van der Waals surface area contributed by atoms with Gasteiger partial charge in [-0.15, -0.1) is 0 Å². The molecule has 0 radical (unpaired) electrons. The molecule has 0 bridgehead atoms. The highest BCUT2D eigenvalue weighted by molar-refractivity contribution is 6.97. The van der Waals surface area contributed by atoms with Gasteiger partial charge in [0, 0.05) is 22.3 Å².